The minimum Gasteiger partial charge on any atom is -0.306 e. The lowest BCUT2D eigenvalue weighted by Crippen LogP contribution is -2.30. The minimum atomic E-state index is 0.880. The molecule has 0 aliphatic heterocycles. The van der Waals surface area contributed by atoms with Gasteiger partial charge in [-0.15, -0.1) is 0 Å². The Labute approximate surface area is 64.4 Å². The second-order valence-electron chi connectivity index (χ2n) is 3.63. The van der Waals surface area contributed by atoms with Crippen molar-refractivity contribution in [2.24, 2.45) is 5.92 Å². The molecule has 0 spiro atoms. The van der Waals surface area contributed by atoms with E-state index in [1.807, 2.05) is 0 Å². The topological polar surface area (TPSA) is 3.24 Å². The molecule has 0 aromatic rings. The first-order valence-electron chi connectivity index (χ1n) is 4.42. The molecule has 0 aromatic carbocycles. The summed E-state index contributed by atoms with van der Waals surface area (Å²) in [5.41, 5.74) is 0. The van der Waals surface area contributed by atoms with Gasteiger partial charge in [-0.2, -0.15) is 0 Å². The van der Waals surface area contributed by atoms with E-state index < -0.39 is 0 Å². The quantitative estimate of drug-likeness (QED) is 0.569. The van der Waals surface area contributed by atoms with Gasteiger partial charge in [0, 0.05) is 6.04 Å². The molecule has 1 aliphatic rings. The van der Waals surface area contributed by atoms with Crippen molar-refractivity contribution >= 4 is 0 Å². The van der Waals surface area contributed by atoms with E-state index in [-0.39, 0.29) is 0 Å². The average molecular weight is 141 g/mol. The van der Waals surface area contributed by atoms with Crippen molar-refractivity contribution in [3.8, 4) is 0 Å². The summed E-state index contributed by atoms with van der Waals surface area (Å²) in [6, 6.07) is 0.880. The summed E-state index contributed by atoms with van der Waals surface area (Å²) in [6.45, 7) is 2.31. The summed E-state index contributed by atoms with van der Waals surface area (Å²) in [5, 5.41) is 0. The van der Waals surface area contributed by atoms with Gasteiger partial charge < -0.3 is 4.90 Å². The highest BCUT2D eigenvalue weighted by Crippen LogP contribution is 2.30. The first-order valence-corrected chi connectivity index (χ1v) is 4.42. The Kier molecular flexibility index (Phi) is 2.72. The van der Waals surface area contributed by atoms with Gasteiger partial charge in [0.05, 0.1) is 0 Å². The van der Waals surface area contributed by atoms with Gasteiger partial charge >= 0.3 is 0 Å². The second kappa shape index (κ2) is 3.38. The van der Waals surface area contributed by atoms with E-state index in [0.717, 1.165) is 12.0 Å². The molecule has 2 unspecified atom stereocenters. The fourth-order valence-electron chi connectivity index (χ4n) is 2.17. The molecule has 1 nitrogen and oxygen atoms in total. The average Bonchev–Trinajstić information content (AvgIpc) is 2.33. The van der Waals surface area contributed by atoms with Crippen molar-refractivity contribution in [1.82, 2.24) is 4.90 Å². The Morgan fingerprint density at radius 1 is 1.30 bits per heavy atom. The zero-order valence-corrected chi connectivity index (χ0v) is 7.43. The van der Waals surface area contributed by atoms with Crippen molar-refractivity contribution in [3.63, 3.8) is 0 Å². The first kappa shape index (κ1) is 8.06. The van der Waals surface area contributed by atoms with Crippen molar-refractivity contribution in [1.29, 1.82) is 0 Å². The molecule has 0 saturated heterocycles. The maximum absolute atomic E-state index is 2.39. The molecular formula is C9H19N. The van der Waals surface area contributed by atoms with E-state index in [2.05, 4.69) is 25.9 Å². The molecule has 1 saturated carbocycles. The zero-order chi connectivity index (χ0) is 7.56. The van der Waals surface area contributed by atoms with Gasteiger partial charge in [-0.25, -0.2) is 0 Å². The van der Waals surface area contributed by atoms with Crippen LogP contribution in [-0.4, -0.2) is 25.0 Å². The summed E-state index contributed by atoms with van der Waals surface area (Å²) in [6.07, 6.45) is 5.69. The Morgan fingerprint density at radius 3 is 2.40 bits per heavy atom. The van der Waals surface area contributed by atoms with Crippen LogP contribution in [0.5, 0.6) is 0 Å². The van der Waals surface area contributed by atoms with Gasteiger partial charge in [-0.05, 0) is 32.9 Å². The van der Waals surface area contributed by atoms with Crippen LogP contribution in [0.15, 0.2) is 0 Å². The standard InChI is InChI=1S/C9H19N/c1-4-8-6-5-7-9(8)10(2)3/h8-9H,4-7H2,1-3H3. The molecule has 0 bridgehead atoms. The normalized spacial score (nSPS) is 33.6. The van der Waals surface area contributed by atoms with Crippen LogP contribution in [0.25, 0.3) is 0 Å². The summed E-state index contributed by atoms with van der Waals surface area (Å²) >= 11 is 0. The third-order valence-corrected chi connectivity index (χ3v) is 2.81. The summed E-state index contributed by atoms with van der Waals surface area (Å²) in [5.74, 6) is 0.981. The highest BCUT2D eigenvalue weighted by atomic mass is 15.1. The smallest absolute Gasteiger partial charge is 0.0117 e. The van der Waals surface area contributed by atoms with E-state index in [1.165, 1.54) is 25.7 Å². The van der Waals surface area contributed by atoms with E-state index in [0.29, 0.717) is 0 Å². The van der Waals surface area contributed by atoms with Gasteiger partial charge in [-0.3, -0.25) is 0 Å². The first-order chi connectivity index (χ1) is 4.75. The second-order valence-corrected chi connectivity index (χ2v) is 3.63. The van der Waals surface area contributed by atoms with Gasteiger partial charge in [0.2, 0.25) is 0 Å². The van der Waals surface area contributed by atoms with Crippen molar-refractivity contribution in [2.45, 2.75) is 38.6 Å². The molecule has 1 aliphatic carbocycles. The molecule has 0 aromatic heterocycles. The summed E-state index contributed by atoms with van der Waals surface area (Å²) < 4.78 is 0. The van der Waals surface area contributed by atoms with Crippen LogP contribution in [0, 0.1) is 5.92 Å². The molecule has 0 heterocycles. The summed E-state index contributed by atoms with van der Waals surface area (Å²) in [7, 11) is 4.41. The molecule has 10 heavy (non-hydrogen) atoms. The molecule has 60 valence electrons. The fourth-order valence-corrected chi connectivity index (χ4v) is 2.17. The van der Waals surface area contributed by atoms with Gasteiger partial charge in [0.1, 0.15) is 0 Å². The molecule has 0 radical (unpaired) electrons. The van der Waals surface area contributed by atoms with E-state index in [1.54, 1.807) is 0 Å². The fraction of sp³-hybridized carbons (Fsp3) is 1.00. The van der Waals surface area contributed by atoms with Crippen LogP contribution < -0.4 is 0 Å². The van der Waals surface area contributed by atoms with E-state index >= 15 is 0 Å². The molecule has 2 atom stereocenters. The van der Waals surface area contributed by atoms with Gasteiger partial charge in [0.15, 0.2) is 0 Å². The van der Waals surface area contributed by atoms with Crippen LogP contribution in [0.2, 0.25) is 0 Å². The Morgan fingerprint density at radius 2 is 2.00 bits per heavy atom. The zero-order valence-electron chi connectivity index (χ0n) is 7.43. The third kappa shape index (κ3) is 1.51. The predicted molar refractivity (Wildman–Crippen MR) is 45.1 cm³/mol. The minimum absolute atomic E-state index is 0.880. The van der Waals surface area contributed by atoms with Gasteiger partial charge in [0.25, 0.3) is 0 Å². The highest BCUT2D eigenvalue weighted by molar-refractivity contribution is 4.81. The molecule has 0 amide bonds. The van der Waals surface area contributed by atoms with Gasteiger partial charge in [-0.1, -0.05) is 19.8 Å². The van der Waals surface area contributed by atoms with Crippen molar-refractivity contribution in [2.75, 3.05) is 14.1 Å². The molecule has 1 heteroatoms. The molecule has 1 rings (SSSR count). The van der Waals surface area contributed by atoms with E-state index in [4.69, 9.17) is 0 Å². The number of hydrogen-bond donors (Lipinski definition) is 0. The lowest BCUT2D eigenvalue weighted by Gasteiger charge is -2.24. The summed E-state index contributed by atoms with van der Waals surface area (Å²) in [4.78, 5) is 2.39. The van der Waals surface area contributed by atoms with E-state index in [9.17, 15) is 0 Å². The van der Waals surface area contributed by atoms with Crippen molar-refractivity contribution < 1.29 is 0 Å². The molecule has 0 N–H and O–H groups in total. The van der Waals surface area contributed by atoms with Crippen LogP contribution >= 0.6 is 0 Å². The van der Waals surface area contributed by atoms with Crippen LogP contribution in [0.4, 0.5) is 0 Å². The monoisotopic (exact) mass is 141 g/mol. The number of hydrogen-bond acceptors (Lipinski definition) is 1. The Balaban J connectivity index is 2.42. The predicted octanol–water partition coefficient (Wildman–Crippen LogP) is 2.13. The van der Waals surface area contributed by atoms with Crippen LogP contribution in [0.1, 0.15) is 32.6 Å². The maximum atomic E-state index is 2.39. The van der Waals surface area contributed by atoms with Crippen LogP contribution in [-0.2, 0) is 0 Å². The van der Waals surface area contributed by atoms with Crippen molar-refractivity contribution in [3.05, 3.63) is 0 Å². The molecule has 1 fully saturated rings. The number of rotatable bonds is 2. The molecular weight excluding hydrogens is 122 g/mol. The maximum Gasteiger partial charge on any atom is 0.0117 e. The SMILES string of the molecule is CCC1CCCC1N(C)C. The lowest BCUT2D eigenvalue weighted by atomic mass is 10.0. The number of nitrogens with zero attached hydrogens (tertiary/aromatic N) is 1. The lowest BCUT2D eigenvalue weighted by molar-refractivity contribution is 0.233. The van der Waals surface area contributed by atoms with Crippen LogP contribution in [0.3, 0.4) is 0 Å². The Bertz CT molecular complexity index is 98.9. The third-order valence-electron chi connectivity index (χ3n) is 2.81. The largest absolute Gasteiger partial charge is 0.306 e. The highest BCUT2D eigenvalue weighted by Gasteiger charge is 2.26. The Hall–Kier alpha value is -0.0400.